The summed E-state index contributed by atoms with van der Waals surface area (Å²) >= 11 is 0. The van der Waals surface area contributed by atoms with Crippen molar-refractivity contribution in [3.63, 3.8) is 0 Å². The number of nitrogens with two attached hydrogens (primary N) is 1. The maximum atomic E-state index is 5.79. The van der Waals surface area contributed by atoms with E-state index in [-0.39, 0.29) is 6.04 Å². The quantitative estimate of drug-likeness (QED) is 0.738. The van der Waals surface area contributed by atoms with Gasteiger partial charge in [-0.2, -0.15) is 0 Å². The standard InChI is InChI=1S/C11H19N3O/c1-9-4-3-5-11(14-9)13-7-6-10(12)8-15-2/h3-5,10H,6-8,12H2,1-2H3,(H,13,14). The molecule has 1 unspecified atom stereocenters. The monoisotopic (exact) mass is 209 g/mol. The lowest BCUT2D eigenvalue weighted by atomic mass is 10.2. The van der Waals surface area contributed by atoms with Crippen LogP contribution in [0, 0.1) is 6.92 Å². The van der Waals surface area contributed by atoms with Gasteiger partial charge in [-0.25, -0.2) is 4.98 Å². The molecule has 1 atom stereocenters. The van der Waals surface area contributed by atoms with Crippen LogP contribution in [0.4, 0.5) is 5.82 Å². The first kappa shape index (κ1) is 11.9. The Balaban J connectivity index is 2.25. The summed E-state index contributed by atoms with van der Waals surface area (Å²) in [4.78, 5) is 4.33. The zero-order valence-corrected chi connectivity index (χ0v) is 9.36. The summed E-state index contributed by atoms with van der Waals surface area (Å²) in [5, 5.41) is 3.23. The third-order valence-electron chi connectivity index (χ3n) is 2.09. The van der Waals surface area contributed by atoms with Gasteiger partial charge in [0.15, 0.2) is 0 Å². The number of rotatable bonds is 6. The lowest BCUT2D eigenvalue weighted by Gasteiger charge is -2.11. The van der Waals surface area contributed by atoms with Crippen LogP contribution in [0.15, 0.2) is 18.2 Å². The number of hydrogen-bond acceptors (Lipinski definition) is 4. The first-order valence-electron chi connectivity index (χ1n) is 5.14. The van der Waals surface area contributed by atoms with E-state index in [0.29, 0.717) is 6.61 Å². The molecule has 1 aromatic heterocycles. The van der Waals surface area contributed by atoms with E-state index in [1.165, 1.54) is 0 Å². The van der Waals surface area contributed by atoms with Gasteiger partial charge in [0.05, 0.1) is 6.61 Å². The highest BCUT2D eigenvalue weighted by molar-refractivity contribution is 5.34. The third-order valence-corrected chi connectivity index (χ3v) is 2.09. The van der Waals surface area contributed by atoms with Crippen molar-refractivity contribution in [1.82, 2.24) is 4.98 Å². The molecule has 0 spiro atoms. The number of hydrogen-bond donors (Lipinski definition) is 2. The Labute approximate surface area is 90.8 Å². The molecule has 0 saturated heterocycles. The first-order chi connectivity index (χ1) is 7.22. The number of nitrogens with one attached hydrogen (secondary N) is 1. The molecule has 0 aliphatic heterocycles. The predicted molar refractivity (Wildman–Crippen MR) is 61.9 cm³/mol. The molecule has 15 heavy (non-hydrogen) atoms. The summed E-state index contributed by atoms with van der Waals surface area (Å²) in [6.07, 6.45) is 0.878. The Morgan fingerprint density at radius 1 is 1.53 bits per heavy atom. The summed E-state index contributed by atoms with van der Waals surface area (Å²) in [7, 11) is 1.66. The van der Waals surface area contributed by atoms with Gasteiger partial charge in [0.25, 0.3) is 0 Å². The van der Waals surface area contributed by atoms with Crippen molar-refractivity contribution in [2.24, 2.45) is 5.73 Å². The minimum Gasteiger partial charge on any atom is -0.383 e. The third kappa shape index (κ3) is 4.76. The molecular weight excluding hydrogens is 190 g/mol. The molecule has 3 N–H and O–H groups in total. The SMILES string of the molecule is COCC(N)CCNc1cccc(C)n1. The Kier molecular flexibility index (Phi) is 5.07. The Morgan fingerprint density at radius 3 is 3.00 bits per heavy atom. The maximum Gasteiger partial charge on any atom is 0.126 e. The molecule has 84 valence electrons. The van der Waals surface area contributed by atoms with Gasteiger partial charge in [0.1, 0.15) is 5.82 Å². The number of anilines is 1. The first-order valence-corrected chi connectivity index (χ1v) is 5.14. The van der Waals surface area contributed by atoms with E-state index in [4.69, 9.17) is 10.5 Å². The van der Waals surface area contributed by atoms with Crippen LogP contribution in [0.3, 0.4) is 0 Å². The zero-order valence-electron chi connectivity index (χ0n) is 9.36. The summed E-state index contributed by atoms with van der Waals surface area (Å²) in [5.41, 5.74) is 6.81. The highest BCUT2D eigenvalue weighted by Gasteiger charge is 2.01. The van der Waals surface area contributed by atoms with Gasteiger partial charge in [0, 0.05) is 25.4 Å². The minimum atomic E-state index is 0.0901. The second-order valence-electron chi connectivity index (χ2n) is 3.60. The smallest absolute Gasteiger partial charge is 0.126 e. The zero-order chi connectivity index (χ0) is 11.1. The van der Waals surface area contributed by atoms with Crippen molar-refractivity contribution in [3.05, 3.63) is 23.9 Å². The van der Waals surface area contributed by atoms with Crippen LogP contribution < -0.4 is 11.1 Å². The van der Waals surface area contributed by atoms with Crippen LogP contribution in [0.25, 0.3) is 0 Å². The van der Waals surface area contributed by atoms with Crippen LogP contribution in [-0.4, -0.2) is 31.3 Å². The Morgan fingerprint density at radius 2 is 2.33 bits per heavy atom. The van der Waals surface area contributed by atoms with E-state index >= 15 is 0 Å². The van der Waals surface area contributed by atoms with Gasteiger partial charge in [0.2, 0.25) is 0 Å². The molecule has 0 radical (unpaired) electrons. The van der Waals surface area contributed by atoms with Gasteiger partial charge in [-0.05, 0) is 25.5 Å². The minimum absolute atomic E-state index is 0.0901. The van der Waals surface area contributed by atoms with Crippen molar-refractivity contribution < 1.29 is 4.74 Å². The number of nitrogens with zero attached hydrogens (tertiary/aromatic N) is 1. The maximum absolute atomic E-state index is 5.79. The van der Waals surface area contributed by atoms with Crippen molar-refractivity contribution in [1.29, 1.82) is 0 Å². The molecule has 0 fully saturated rings. The normalized spacial score (nSPS) is 12.5. The van der Waals surface area contributed by atoms with E-state index in [1.807, 2.05) is 25.1 Å². The van der Waals surface area contributed by atoms with Crippen LogP contribution >= 0.6 is 0 Å². The fraction of sp³-hybridized carbons (Fsp3) is 0.545. The number of pyridine rings is 1. The van der Waals surface area contributed by atoms with Crippen LogP contribution in [0.5, 0.6) is 0 Å². The number of aryl methyl sites for hydroxylation is 1. The van der Waals surface area contributed by atoms with Gasteiger partial charge in [-0.15, -0.1) is 0 Å². The van der Waals surface area contributed by atoms with E-state index in [0.717, 1.165) is 24.5 Å². The number of methoxy groups -OCH3 is 1. The highest BCUT2D eigenvalue weighted by Crippen LogP contribution is 2.03. The van der Waals surface area contributed by atoms with Crippen LogP contribution in [-0.2, 0) is 4.74 Å². The largest absolute Gasteiger partial charge is 0.383 e. The molecule has 1 heterocycles. The van der Waals surface area contributed by atoms with Gasteiger partial charge in [-0.1, -0.05) is 6.07 Å². The fourth-order valence-corrected chi connectivity index (χ4v) is 1.32. The van der Waals surface area contributed by atoms with Crippen molar-refractivity contribution in [2.75, 3.05) is 25.6 Å². The molecule has 1 aromatic rings. The molecule has 0 aromatic carbocycles. The summed E-state index contributed by atoms with van der Waals surface area (Å²) in [6, 6.07) is 6.00. The molecule has 0 bridgehead atoms. The van der Waals surface area contributed by atoms with Gasteiger partial charge in [-0.3, -0.25) is 0 Å². The highest BCUT2D eigenvalue weighted by atomic mass is 16.5. The van der Waals surface area contributed by atoms with Crippen LogP contribution in [0.2, 0.25) is 0 Å². The average molecular weight is 209 g/mol. The van der Waals surface area contributed by atoms with E-state index in [9.17, 15) is 0 Å². The number of aromatic nitrogens is 1. The molecule has 4 nitrogen and oxygen atoms in total. The van der Waals surface area contributed by atoms with Crippen molar-refractivity contribution in [3.8, 4) is 0 Å². The van der Waals surface area contributed by atoms with E-state index in [2.05, 4.69) is 10.3 Å². The molecule has 0 amide bonds. The molecule has 0 aliphatic carbocycles. The lowest BCUT2D eigenvalue weighted by molar-refractivity contribution is 0.178. The van der Waals surface area contributed by atoms with Crippen molar-refractivity contribution >= 4 is 5.82 Å². The van der Waals surface area contributed by atoms with Crippen LogP contribution in [0.1, 0.15) is 12.1 Å². The second kappa shape index (κ2) is 6.37. The average Bonchev–Trinajstić information content (AvgIpc) is 2.18. The molecular formula is C11H19N3O. The summed E-state index contributed by atoms with van der Waals surface area (Å²) in [6.45, 7) is 3.39. The van der Waals surface area contributed by atoms with E-state index in [1.54, 1.807) is 7.11 Å². The Hall–Kier alpha value is -1.13. The molecule has 1 rings (SSSR count). The van der Waals surface area contributed by atoms with Gasteiger partial charge >= 0.3 is 0 Å². The Bertz CT molecular complexity index is 291. The fourth-order valence-electron chi connectivity index (χ4n) is 1.32. The number of ether oxygens (including phenoxy) is 1. The van der Waals surface area contributed by atoms with Crippen molar-refractivity contribution in [2.45, 2.75) is 19.4 Å². The second-order valence-corrected chi connectivity index (χ2v) is 3.60. The molecule has 0 saturated carbocycles. The summed E-state index contributed by atoms with van der Waals surface area (Å²) in [5.74, 6) is 0.902. The molecule has 4 heteroatoms. The van der Waals surface area contributed by atoms with Gasteiger partial charge < -0.3 is 15.8 Å². The topological polar surface area (TPSA) is 60.2 Å². The lowest BCUT2D eigenvalue weighted by Crippen LogP contribution is -2.28. The predicted octanol–water partition coefficient (Wildman–Crippen LogP) is 1.17. The summed E-state index contributed by atoms with van der Waals surface area (Å²) < 4.78 is 4.96. The van der Waals surface area contributed by atoms with E-state index < -0.39 is 0 Å². The molecule has 0 aliphatic rings.